The Bertz CT molecular complexity index is 143. The zero-order valence-electron chi connectivity index (χ0n) is 7.64. The van der Waals surface area contributed by atoms with Crippen molar-refractivity contribution in [2.45, 2.75) is 26.2 Å². The normalized spacial score (nSPS) is 19.4. The number of hydrogen-bond donors (Lipinski definition) is 1. The molecule has 0 radical (unpaired) electrons. The zero-order chi connectivity index (χ0) is 8.81. The van der Waals surface area contributed by atoms with Crippen LogP contribution in [0.5, 0.6) is 0 Å². The Morgan fingerprint density at radius 1 is 1.50 bits per heavy atom. The third-order valence-electron chi connectivity index (χ3n) is 2.22. The van der Waals surface area contributed by atoms with Crippen LogP contribution in [0.3, 0.4) is 0 Å². The minimum absolute atomic E-state index is 0.379. The van der Waals surface area contributed by atoms with E-state index in [1.165, 1.54) is 24.6 Å². The highest BCUT2D eigenvalue weighted by Gasteiger charge is 2.16. The van der Waals surface area contributed by atoms with Crippen molar-refractivity contribution < 1.29 is 4.79 Å². The maximum atomic E-state index is 11.3. The first-order valence-corrected chi connectivity index (χ1v) is 5.68. The van der Waals surface area contributed by atoms with Gasteiger partial charge in [0, 0.05) is 6.42 Å². The van der Waals surface area contributed by atoms with Gasteiger partial charge in [-0.15, -0.1) is 0 Å². The number of carbonyl (C=O) groups excluding carboxylic acids is 1. The predicted octanol–water partition coefficient (Wildman–Crippen LogP) is 1.66. The van der Waals surface area contributed by atoms with Crippen LogP contribution in [0.4, 0.5) is 0 Å². The van der Waals surface area contributed by atoms with Crippen LogP contribution in [0.1, 0.15) is 26.2 Å². The molecule has 1 fully saturated rings. The summed E-state index contributed by atoms with van der Waals surface area (Å²) in [6.45, 7) is 4.22. The summed E-state index contributed by atoms with van der Waals surface area (Å²) in [6.07, 6.45) is 3.15. The minimum atomic E-state index is 0.379. The maximum Gasteiger partial charge on any atom is 0.189 e. The van der Waals surface area contributed by atoms with E-state index in [0.717, 1.165) is 25.3 Å². The smallest absolute Gasteiger partial charge is 0.189 e. The van der Waals surface area contributed by atoms with Crippen molar-refractivity contribution in [3.63, 3.8) is 0 Å². The molecule has 0 aromatic carbocycles. The molecule has 0 aliphatic carbocycles. The molecule has 0 amide bonds. The Morgan fingerprint density at radius 3 is 2.75 bits per heavy atom. The van der Waals surface area contributed by atoms with Gasteiger partial charge in [0.15, 0.2) is 5.12 Å². The van der Waals surface area contributed by atoms with E-state index in [4.69, 9.17) is 0 Å². The molecule has 3 heteroatoms. The summed E-state index contributed by atoms with van der Waals surface area (Å²) in [4.78, 5) is 11.3. The first-order valence-electron chi connectivity index (χ1n) is 4.69. The molecular formula is C9H17NOS. The Balaban J connectivity index is 2.15. The number of hydrogen-bond acceptors (Lipinski definition) is 3. The molecule has 1 saturated heterocycles. The van der Waals surface area contributed by atoms with Crippen LogP contribution in [0.25, 0.3) is 0 Å². The second-order valence-corrected chi connectivity index (χ2v) is 4.52. The van der Waals surface area contributed by atoms with Crippen LogP contribution in [0, 0.1) is 5.92 Å². The SMILES string of the molecule is CCSC(=O)CC1CCNCC1. The minimum Gasteiger partial charge on any atom is -0.317 e. The molecule has 0 bridgehead atoms. The van der Waals surface area contributed by atoms with Crippen molar-refractivity contribution in [2.75, 3.05) is 18.8 Å². The fourth-order valence-corrected chi connectivity index (χ4v) is 2.22. The second kappa shape index (κ2) is 5.60. The molecule has 1 aliphatic heterocycles. The van der Waals surface area contributed by atoms with Gasteiger partial charge in [-0.2, -0.15) is 0 Å². The summed E-state index contributed by atoms with van der Waals surface area (Å²) in [5, 5.41) is 3.68. The number of rotatable bonds is 3. The molecule has 0 spiro atoms. The van der Waals surface area contributed by atoms with E-state index < -0.39 is 0 Å². The van der Waals surface area contributed by atoms with E-state index in [-0.39, 0.29) is 0 Å². The van der Waals surface area contributed by atoms with Crippen molar-refractivity contribution in [1.29, 1.82) is 0 Å². The molecule has 0 atom stereocenters. The molecule has 2 nitrogen and oxygen atoms in total. The van der Waals surface area contributed by atoms with E-state index in [1.807, 2.05) is 6.92 Å². The van der Waals surface area contributed by atoms with Gasteiger partial charge in [-0.1, -0.05) is 18.7 Å². The van der Waals surface area contributed by atoms with Gasteiger partial charge in [0.25, 0.3) is 0 Å². The summed E-state index contributed by atoms with van der Waals surface area (Å²) >= 11 is 1.47. The van der Waals surface area contributed by atoms with Crippen molar-refractivity contribution in [3.8, 4) is 0 Å². The molecule has 0 aromatic heterocycles. The highest BCUT2D eigenvalue weighted by atomic mass is 32.2. The Labute approximate surface area is 78.5 Å². The van der Waals surface area contributed by atoms with Crippen LogP contribution < -0.4 is 5.32 Å². The molecule has 0 aromatic rings. The van der Waals surface area contributed by atoms with E-state index in [2.05, 4.69) is 5.32 Å². The van der Waals surface area contributed by atoms with Gasteiger partial charge >= 0.3 is 0 Å². The van der Waals surface area contributed by atoms with Crippen LogP contribution in [0.2, 0.25) is 0 Å². The molecule has 1 rings (SSSR count). The molecule has 12 heavy (non-hydrogen) atoms. The highest BCUT2D eigenvalue weighted by Crippen LogP contribution is 2.19. The van der Waals surface area contributed by atoms with Crippen LogP contribution >= 0.6 is 11.8 Å². The summed E-state index contributed by atoms with van der Waals surface area (Å²) in [6, 6.07) is 0. The van der Waals surface area contributed by atoms with Crippen molar-refractivity contribution in [2.24, 2.45) is 5.92 Å². The standard InChI is InChI=1S/C9H17NOS/c1-2-12-9(11)7-8-3-5-10-6-4-8/h8,10H,2-7H2,1H3. The van der Waals surface area contributed by atoms with Crippen molar-refractivity contribution in [1.82, 2.24) is 5.32 Å². The maximum absolute atomic E-state index is 11.3. The Hall–Kier alpha value is -0.0200. The molecular weight excluding hydrogens is 170 g/mol. The van der Waals surface area contributed by atoms with Crippen LogP contribution in [0.15, 0.2) is 0 Å². The lowest BCUT2D eigenvalue weighted by Gasteiger charge is -2.21. The summed E-state index contributed by atoms with van der Waals surface area (Å²) in [5.41, 5.74) is 0. The fourth-order valence-electron chi connectivity index (χ4n) is 1.54. The first-order chi connectivity index (χ1) is 5.83. The number of nitrogens with one attached hydrogen (secondary N) is 1. The summed E-state index contributed by atoms with van der Waals surface area (Å²) < 4.78 is 0. The van der Waals surface area contributed by atoms with E-state index in [9.17, 15) is 4.79 Å². The van der Waals surface area contributed by atoms with Crippen LogP contribution in [-0.4, -0.2) is 24.0 Å². The lowest BCUT2D eigenvalue weighted by molar-refractivity contribution is -0.111. The Morgan fingerprint density at radius 2 is 2.17 bits per heavy atom. The number of piperidine rings is 1. The van der Waals surface area contributed by atoms with E-state index >= 15 is 0 Å². The van der Waals surface area contributed by atoms with Gasteiger partial charge in [0.1, 0.15) is 0 Å². The lowest BCUT2D eigenvalue weighted by Crippen LogP contribution is -2.28. The number of carbonyl (C=O) groups is 1. The monoisotopic (exact) mass is 187 g/mol. The topological polar surface area (TPSA) is 29.1 Å². The fraction of sp³-hybridized carbons (Fsp3) is 0.889. The lowest BCUT2D eigenvalue weighted by atomic mass is 9.95. The summed E-state index contributed by atoms with van der Waals surface area (Å²) in [7, 11) is 0. The zero-order valence-corrected chi connectivity index (χ0v) is 8.45. The average Bonchev–Trinajstić information content (AvgIpc) is 2.06. The highest BCUT2D eigenvalue weighted by molar-refractivity contribution is 8.13. The predicted molar refractivity (Wildman–Crippen MR) is 53.3 cm³/mol. The molecule has 0 unspecified atom stereocenters. The van der Waals surface area contributed by atoms with Crippen LogP contribution in [-0.2, 0) is 4.79 Å². The van der Waals surface area contributed by atoms with Gasteiger partial charge < -0.3 is 5.32 Å². The molecule has 70 valence electrons. The summed E-state index contributed by atoms with van der Waals surface area (Å²) in [5.74, 6) is 1.57. The second-order valence-electron chi connectivity index (χ2n) is 3.20. The third kappa shape index (κ3) is 3.59. The average molecular weight is 187 g/mol. The van der Waals surface area contributed by atoms with Gasteiger partial charge in [-0.25, -0.2) is 0 Å². The van der Waals surface area contributed by atoms with Gasteiger partial charge in [-0.3, -0.25) is 4.79 Å². The van der Waals surface area contributed by atoms with Gasteiger partial charge in [0.2, 0.25) is 0 Å². The molecule has 1 N–H and O–H groups in total. The Kier molecular flexibility index (Phi) is 4.69. The molecule has 1 aliphatic rings. The van der Waals surface area contributed by atoms with E-state index in [1.54, 1.807) is 0 Å². The van der Waals surface area contributed by atoms with Gasteiger partial charge in [0.05, 0.1) is 0 Å². The largest absolute Gasteiger partial charge is 0.317 e. The first kappa shape index (κ1) is 10.1. The molecule has 1 heterocycles. The molecule has 0 saturated carbocycles. The quantitative estimate of drug-likeness (QED) is 0.728. The third-order valence-corrected chi connectivity index (χ3v) is 3.00. The number of thioether (sulfide) groups is 1. The van der Waals surface area contributed by atoms with Crippen molar-refractivity contribution in [3.05, 3.63) is 0 Å². The van der Waals surface area contributed by atoms with Gasteiger partial charge in [-0.05, 0) is 37.6 Å². The van der Waals surface area contributed by atoms with E-state index in [0.29, 0.717) is 11.0 Å². The van der Waals surface area contributed by atoms with Crippen molar-refractivity contribution >= 4 is 16.9 Å².